The quantitative estimate of drug-likeness (QED) is 0.688. The van der Waals surface area contributed by atoms with Crippen LogP contribution in [0.15, 0.2) is 24.3 Å². The summed E-state index contributed by atoms with van der Waals surface area (Å²) in [5.41, 5.74) is 0.126. The Balaban J connectivity index is 2.46. The van der Waals surface area contributed by atoms with Crippen LogP contribution in [0, 0.1) is 5.82 Å². The van der Waals surface area contributed by atoms with Gasteiger partial charge < -0.3 is 15.3 Å². The standard InChI is InChI=1S/C16H25FN2O2/c1-4-19(14-9-7-13(17)8-10-14)12-6-5-11-16(2,18-3)15(20)21/h7-10,18H,4-6,11-12H2,1-3H3,(H,20,21). The Morgan fingerprint density at radius 3 is 2.43 bits per heavy atom. The van der Waals surface area contributed by atoms with Gasteiger partial charge >= 0.3 is 5.97 Å². The average Bonchev–Trinajstić information content (AvgIpc) is 2.48. The van der Waals surface area contributed by atoms with Gasteiger partial charge in [0.2, 0.25) is 0 Å². The van der Waals surface area contributed by atoms with Crippen molar-refractivity contribution in [2.75, 3.05) is 25.0 Å². The van der Waals surface area contributed by atoms with Gasteiger partial charge in [-0.25, -0.2) is 4.39 Å². The molecule has 5 heteroatoms. The molecule has 0 spiro atoms. The molecular weight excluding hydrogens is 271 g/mol. The molecule has 0 heterocycles. The van der Waals surface area contributed by atoms with Crippen molar-refractivity contribution in [2.24, 2.45) is 0 Å². The second-order valence-electron chi connectivity index (χ2n) is 5.40. The molecule has 4 nitrogen and oxygen atoms in total. The van der Waals surface area contributed by atoms with E-state index in [2.05, 4.69) is 17.1 Å². The van der Waals surface area contributed by atoms with Crippen LogP contribution in [0.4, 0.5) is 10.1 Å². The highest BCUT2D eigenvalue weighted by molar-refractivity contribution is 5.78. The number of rotatable bonds is 9. The van der Waals surface area contributed by atoms with Crippen LogP contribution in [0.25, 0.3) is 0 Å². The van der Waals surface area contributed by atoms with E-state index in [4.69, 9.17) is 0 Å². The summed E-state index contributed by atoms with van der Waals surface area (Å²) in [4.78, 5) is 13.3. The Labute approximate surface area is 126 Å². The molecule has 1 aromatic carbocycles. The van der Waals surface area contributed by atoms with Crippen molar-refractivity contribution in [3.63, 3.8) is 0 Å². The van der Waals surface area contributed by atoms with Crippen molar-refractivity contribution in [3.05, 3.63) is 30.1 Å². The second-order valence-corrected chi connectivity index (χ2v) is 5.40. The molecule has 0 fully saturated rings. The molecule has 0 saturated carbocycles. The number of anilines is 1. The molecule has 0 saturated heterocycles. The number of benzene rings is 1. The Morgan fingerprint density at radius 2 is 1.95 bits per heavy atom. The minimum absolute atomic E-state index is 0.235. The van der Waals surface area contributed by atoms with Crippen molar-refractivity contribution < 1.29 is 14.3 Å². The lowest BCUT2D eigenvalue weighted by Gasteiger charge is -2.26. The highest BCUT2D eigenvalue weighted by Crippen LogP contribution is 2.18. The molecule has 1 rings (SSSR count). The van der Waals surface area contributed by atoms with Crippen molar-refractivity contribution in [3.8, 4) is 0 Å². The predicted molar refractivity (Wildman–Crippen MR) is 83.2 cm³/mol. The van der Waals surface area contributed by atoms with Gasteiger partial charge in [0.15, 0.2) is 0 Å². The number of hydrogen-bond donors (Lipinski definition) is 2. The minimum Gasteiger partial charge on any atom is -0.480 e. The summed E-state index contributed by atoms with van der Waals surface area (Å²) in [6.45, 7) is 5.43. The first kappa shape index (κ1) is 17.4. The average molecular weight is 296 g/mol. The number of carbonyl (C=O) groups is 1. The predicted octanol–water partition coefficient (Wildman–Crippen LogP) is 2.89. The fraction of sp³-hybridized carbons (Fsp3) is 0.562. The van der Waals surface area contributed by atoms with E-state index >= 15 is 0 Å². The highest BCUT2D eigenvalue weighted by Gasteiger charge is 2.30. The molecule has 2 N–H and O–H groups in total. The normalized spacial score (nSPS) is 13.7. The maximum absolute atomic E-state index is 12.9. The van der Waals surface area contributed by atoms with Crippen LogP contribution < -0.4 is 10.2 Å². The molecule has 1 unspecified atom stereocenters. The van der Waals surface area contributed by atoms with E-state index in [9.17, 15) is 14.3 Å². The third-order valence-electron chi connectivity index (χ3n) is 3.95. The summed E-state index contributed by atoms with van der Waals surface area (Å²) >= 11 is 0. The van der Waals surface area contributed by atoms with Gasteiger partial charge in [-0.2, -0.15) is 0 Å². The third-order valence-corrected chi connectivity index (χ3v) is 3.95. The molecule has 0 amide bonds. The molecule has 0 aliphatic heterocycles. The summed E-state index contributed by atoms with van der Waals surface area (Å²) in [6, 6.07) is 6.46. The minimum atomic E-state index is -0.868. The molecule has 0 aromatic heterocycles. The number of hydrogen-bond acceptors (Lipinski definition) is 3. The van der Waals surface area contributed by atoms with Crippen LogP contribution in [-0.4, -0.2) is 36.8 Å². The lowest BCUT2D eigenvalue weighted by molar-refractivity contribution is -0.144. The number of aliphatic carboxylic acids is 1. The van der Waals surface area contributed by atoms with Crippen molar-refractivity contribution in [2.45, 2.75) is 38.6 Å². The monoisotopic (exact) mass is 296 g/mol. The number of likely N-dealkylation sites (N-methyl/N-ethyl adjacent to an activating group) is 1. The first-order valence-corrected chi connectivity index (χ1v) is 7.35. The van der Waals surface area contributed by atoms with E-state index in [1.807, 2.05) is 0 Å². The second kappa shape index (κ2) is 7.98. The van der Waals surface area contributed by atoms with Crippen molar-refractivity contribution in [1.29, 1.82) is 0 Å². The SMILES string of the molecule is CCN(CCCCC(C)(NC)C(=O)O)c1ccc(F)cc1. The van der Waals surface area contributed by atoms with E-state index in [-0.39, 0.29) is 5.82 Å². The topological polar surface area (TPSA) is 52.6 Å². The van der Waals surface area contributed by atoms with E-state index in [1.165, 1.54) is 12.1 Å². The van der Waals surface area contributed by atoms with Gasteiger partial charge in [0, 0.05) is 18.8 Å². The lowest BCUT2D eigenvalue weighted by Crippen LogP contribution is -2.47. The largest absolute Gasteiger partial charge is 0.480 e. The molecule has 0 aliphatic carbocycles. The van der Waals surface area contributed by atoms with Crippen LogP contribution >= 0.6 is 0 Å². The van der Waals surface area contributed by atoms with Crippen LogP contribution in [-0.2, 0) is 4.79 Å². The maximum Gasteiger partial charge on any atom is 0.323 e. The molecule has 21 heavy (non-hydrogen) atoms. The van der Waals surface area contributed by atoms with Gasteiger partial charge in [0.25, 0.3) is 0 Å². The number of nitrogens with one attached hydrogen (secondary N) is 1. The van der Waals surface area contributed by atoms with Gasteiger partial charge in [0.05, 0.1) is 0 Å². The highest BCUT2D eigenvalue weighted by atomic mass is 19.1. The number of unbranched alkanes of at least 4 members (excludes halogenated alkanes) is 1. The third kappa shape index (κ3) is 5.01. The van der Waals surface area contributed by atoms with Crippen LogP contribution in [0.1, 0.15) is 33.1 Å². The van der Waals surface area contributed by atoms with E-state index < -0.39 is 11.5 Å². The molecule has 1 atom stereocenters. The summed E-state index contributed by atoms with van der Waals surface area (Å²) < 4.78 is 12.9. The Morgan fingerprint density at radius 1 is 1.33 bits per heavy atom. The van der Waals surface area contributed by atoms with Crippen LogP contribution in [0.2, 0.25) is 0 Å². The zero-order valence-corrected chi connectivity index (χ0v) is 13.0. The van der Waals surface area contributed by atoms with Crippen molar-refractivity contribution >= 4 is 11.7 Å². The van der Waals surface area contributed by atoms with Crippen molar-refractivity contribution in [1.82, 2.24) is 5.32 Å². The van der Waals surface area contributed by atoms with Gasteiger partial charge in [-0.15, -0.1) is 0 Å². The zero-order valence-electron chi connectivity index (χ0n) is 13.0. The Bertz CT molecular complexity index is 450. The smallest absolute Gasteiger partial charge is 0.323 e. The number of carboxylic acid groups (broad SMARTS) is 1. The van der Waals surface area contributed by atoms with Gasteiger partial charge in [0.1, 0.15) is 11.4 Å². The molecule has 0 aliphatic rings. The summed E-state index contributed by atoms with van der Waals surface area (Å²) in [5, 5.41) is 12.0. The summed E-state index contributed by atoms with van der Waals surface area (Å²) in [5.74, 6) is -1.06. The summed E-state index contributed by atoms with van der Waals surface area (Å²) in [7, 11) is 1.67. The molecule has 0 radical (unpaired) electrons. The molecule has 1 aromatic rings. The first-order chi connectivity index (χ1) is 9.92. The first-order valence-electron chi connectivity index (χ1n) is 7.35. The van der Waals surface area contributed by atoms with E-state index in [0.717, 1.165) is 31.6 Å². The van der Waals surface area contributed by atoms with Gasteiger partial charge in [-0.3, -0.25) is 4.79 Å². The lowest BCUT2D eigenvalue weighted by atomic mass is 9.95. The van der Waals surface area contributed by atoms with Crippen LogP contribution in [0.3, 0.4) is 0 Å². The molecule has 118 valence electrons. The Kier molecular flexibility index (Phi) is 6.62. The Hall–Kier alpha value is -1.62. The maximum atomic E-state index is 12.9. The van der Waals surface area contributed by atoms with Crippen LogP contribution in [0.5, 0.6) is 0 Å². The van der Waals surface area contributed by atoms with E-state index in [0.29, 0.717) is 6.42 Å². The summed E-state index contributed by atoms with van der Waals surface area (Å²) in [6.07, 6.45) is 2.30. The molecule has 0 bridgehead atoms. The number of carboxylic acids is 1. The number of nitrogens with zero attached hydrogens (tertiary/aromatic N) is 1. The fourth-order valence-electron chi connectivity index (χ4n) is 2.24. The van der Waals surface area contributed by atoms with E-state index in [1.54, 1.807) is 26.1 Å². The zero-order chi connectivity index (χ0) is 15.9. The van der Waals surface area contributed by atoms with Gasteiger partial charge in [-0.05, 0) is 64.4 Å². The molecular formula is C16H25FN2O2. The fourth-order valence-corrected chi connectivity index (χ4v) is 2.24. The number of halogens is 1. The van der Waals surface area contributed by atoms with Gasteiger partial charge in [-0.1, -0.05) is 0 Å².